The van der Waals surface area contributed by atoms with Crippen molar-refractivity contribution in [3.05, 3.63) is 66.4 Å². The van der Waals surface area contributed by atoms with Gasteiger partial charge in [-0.15, -0.1) is 11.8 Å². The van der Waals surface area contributed by atoms with Gasteiger partial charge in [0.2, 0.25) is 0 Å². The van der Waals surface area contributed by atoms with Gasteiger partial charge in [-0.05, 0) is 29.7 Å². The Morgan fingerprint density at radius 1 is 1.10 bits per heavy atom. The van der Waals surface area contributed by atoms with Crippen molar-refractivity contribution in [3.8, 4) is 0 Å². The Morgan fingerprint density at radius 2 is 1.90 bits per heavy atom. The van der Waals surface area contributed by atoms with E-state index in [9.17, 15) is 0 Å². The number of aryl methyl sites for hydroxylation is 1. The van der Waals surface area contributed by atoms with Crippen molar-refractivity contribution >= 4 is 39.9 Å². The minimum absolute atomic E-state index is 0.448. The molecule has 0 spiro atoms. The fourth-order valence-electron chi connectivity index (χ4n) is 2.31. The number of thiocarbonyl (C=S) groups is 1. The highest BCUT2D eigenvalue weighted by Gasteiger charge is 2.04. The van der Waals surface area contributed by atoms with E-state index in [0.717, 1.165) is 17.9 Å². The van der Waals surface area contributed by atoms with Gasteiger partial charge in [-0.3, -0.25) is 0 Å². The molecule has 0 atom stereocenters. The lowest BCUT2D eigenvalue weighted by Crippen LogP contribution is -2.09. The molecule has 0 aliphatic rings. The van der Waals surface area contributed by atoms with Gasteiger partial charge in [-0.2, -0.15) is 0 Å². The maximum absolute atomic E-state index is 5.72. The maximum atomic E-state index is 5.72. The Balaban J connectivity index is 1.74. The molecule has 1 heterocycles. The molecule has 21 heavy (non-hydrogen) atoms. The Bertz CT molecular complexity index is 763. The summed E-state index contributed by atoms with van der Waals surface area (Å²) < 4.78 is 2.26. The van der Waals surface area contributed by atoms with Gasteiger partial charge in [0.1, 0.15) is 4.99 Å². The van der Waals surface area contributed by atoms with Crippen LogP contribution >= 0.6 is 24.0 Å². The standard InChI is InChI=1S/C17H16N2S2/c18-17(20)14-7-6-13-8-9-19(16(13)12-14)10-11-21-15-4-2-1-3-5-15/h1-9,12H,10-11H2,(H2,18,20). The van der Waals surface area contributed by atoms with E-state index in [1.807, 2.05) is 23.9 Å². The summed E-state index contributed by atoms with van der Waals surface area (Å²) in [5.41, 5.74) is 7.83. The van der Waals surface area contributed by atoms with Crippen LogP contribution in [0.3, 0.4) is 0 Å². The molecule has 2 nitrogen and oxygen atoms in total. The minimum Gasteiger partial charge on any atom is -0.389 e. The Morgan fingerprint density at radius 3 is 2.67 bits per heavy atom. The topological polar surface area (TPSA) is 30.9 Å². The number of benzene rings is 2. The SMILES string of the molecule is NC(=S)c1ccc2ccn(CCSc3ccccc3)c2c1. The van der Waals surface area contributed by atoms with E-state index in [1.54, 1.807) is 0 Å². The molecule has 0 bridgehead atoms. The van der Waals surface area contributed by atoms with Gasteiger partial charge >= 0.3 is 0 Å². The summed E-state index contributed by atoms with van der Waals surface area (Å²) in [6.07, 6.45) is 2.12. The molecule has 2 aromatic carbocycles. The fourth-order valence-corrected chi connectivity index (χ4v) is 3.31. The maximum Gasteiger partial charge on any atom is 0.104 e. The molecule has 0 fully saturated rings. The molecule has 0 amide bonds. The normalized spacial score (nSPS) is 10.9. The van der Waals surface area contributed by atoms with Gasteiger partial charge in [0.05, 0.1) is 0 Å². The van der Waals surface area contributed by atoms with Crippen molar-refractivity contribution < 1.29 is 0 Å². The van der Waals surface area contributed by atoms with Crippen LogP contribution in [0, 0.1) is 0 Å². The highest BCUT2D eigenvalue weighted by atomic mass is 32.2. The number of thioether (sulfide) groups is 1. The van der Waals surface area contributed by atoms with Crippen LogP contribution in [0.4, 0.5) is 0 Å². The van der Waals surface area contributed by atoms with Crippen LogP contribution in [0.5, 0.6) is 0 Å². The largest absolute Gasteiger partial charge is 0.389 e. The van der Waals surface area contributed by atoms with E-state index >= 15 is 0 Å². The second-order valence-electron chi connectivity index (χ2n) is 4.81. The summed E-state index contributed by atoms with van der Waals surface area (Å²) in [7, 11) is 0. The molecule has 3 aromatic rings. The predicted octanol–water partition coefficient (Wildman–Crippen LogP) is 4.07. The van der Waals surface area contributed by atoms with E-state index in [4.69, 9.17) is 18.0 Å². The quantitative estimate of drug-likeness (QED) is 0.569. The molecular formula is C17H16N2S2. The molecule has 0 aliphatic carbocycles. The Hall–Kier alpha value is -1.78. The summed E-state index contributed by atoms with van der Waals surface area (Å²) in [6.45, 7) is 0.962. The average Bonchev–Trinajstić information content (AvgIpc) is 2.91. The first kappa shape index (κ1) is 14.2. The van der Waals surface area contributed by atoms with Crippen molar-refractivity contribution in [2.45, 2.75) is 11.4 Å². The molecule has 1 aromatic heterocycles. The second kappa shape index (κ2) is 6.33. The molecule has 0 aliphatic heterocycles. The predicted molar refractivity (Wildman–Crippen MR) is 95.0 cm³/mol. The van der Waals surface area contributed by atoms with E-state index in [1.165, 1.54) is 15.8 Å². The van der Waals surface area contributed by atoms with E-state index < -0.39 is 0 Å². The van der Waals surface area contributed by atoms with Gasteiger partial charge in [0.25, 0.3) is 0 Å². The Kier molecular flexibility index (Phi) is 4.27. The number of hydrogen-bond acceptors (Lipinski definition) is 2. The molecule has 106 valence electrons. The number of fused-ring (bicyclic) bond motifs is 1. The third-order valence-corrected chi connectivity index (χ3v) is 4.63. The number of nitrogens with zero attached hydrogens (tertiary/aromatic N) is 1. The van der Waals surface area contributed by atoms with Gasteiger partial charge in [-0.25, -0.2) is 0 Å². The third-order valence-electron chi connectivity index (χ3n) is 3.40. The lowest BCUT2D eigenvalue weighted by Gasteiger charge is -2.07. The van der Waals surface area contributed by atoms with Crippen LogP contribution in [0.2, 0.25) is 0 Å². The highest BCUT2D eigenvalue weighted by Crippen LogP contribution is 2.21. The lowest BCUT2D eigenvalue weighted by molar-refractivity contribution is 0.807. The first-order valence-corrected chi connectivity index (χ1v) is 8.20. The van der Waals surface area contributed by atoms with Gasteiger partial charge < -0.3 is 10.3 Å². The van der Waals surface area contributed by atoms with Crippen molar-refractivity contribution in [2.75, 3.05) is 5.75 Å². The van der Waals surface area contributed by atoms with Crippen molar-refractivity contribution in [3.63, 3.8) is 0 Å². The van der Waals surface area contributed by atoms with Crippen LogP contribution in [0.1, 0.15) is 5.56 Å². The monoisotopic (exact) mass is 312 g/mol. The molecule has 0 radical (unpaired) electrons. The van der Waals surface area contributed by atoms with Crippen LogP contribution < -0.4 is 5.73 Å². The third kappa shape index (κ3) is 3.28. The summed E-state index contributed by atoms with van der Waals surface area (Å²) >= 11 is 6.92. The van der Waals surface area contributed by atoms with E-state index in [2.05, 4.69) is 53.2 Å². The van der Waals surface area contributed by atoms with E-state index in [0.29, 0.717) is 4.99 Å². The summed E-state index contributed by atoms with van der Waals surface area (Å²) in [5.74, 6) is 1.03. The molecule has 0 saturated heterocycles. The van der Waals surface area contributed by atoms with Gasteiger partial charge in [-0.1, -0.05) is 42.5 Å². The minimum atomic E-state index is 0.448. The Labute approximate surface area is 134 Å². The van der Waals surface area contributed by atoms with Crippen molar-refractivity contribution in [1.29, 1.82) is 0 Å². The van der Waals surface area contributed by atoms with Crippen molar-refractivity contribution in [2.24, 2.45) is 5.73 Å². The number of aromatic nitrogens is 1. The van der Waals surface area contributed by atoms with Crippen LogP contribution in [0.25, 0.3) is 10.9 Å². The first-order valence-electron chi connectivity index (χ1n) is 6.80. The highest BCUT2D eigenvalue weighted by molar-refractivity contribution is 7.99. The van der Waals surface area contributed by atoms with Crippen molar-refractivity contribution in [1.82, 2.24) is 4.57 Å². The fraction of sp³-hybridized carbons (Fsp3) is 0.118. The molecular weight excluding hydrogens is 296 g/mol. The van der Waals surface area contributed by atoms with E-state index in [-0.39, 0.29) is 0 Å². The zero-order chi connectivity index (χ0) is 14.7. The van der Waals surface area contributed by atoms with Crippen LogP contribution in [-0.2, 0) is 6.54 Å². The smallest absolute Gasteiger partial charge is 0.104 e. The first-order chi connectivity index (χ1) is 10.2. The molecule has 0 saturated carbocycles. The van der Waals surface area contributed by atoms with Gasteiger partial charge in [0.15, 0.2) is 0 Å². The zero-order valence-electron chi connectivity index (χ0n) is 11.5. The second-order valence-corrected chi connectivity index (χ2v) is 6.42. The summed E-state index contributed by atoms with van der Waals surface area (Å²) in [4.78, 5) is 1.75. The molecule has 4 heteroatoms. The summed E-state index contributed by atoms with van der Waals surface area (Å²) in [5, 5.41) is 1.22. The number of hydrogen-bond donors (Lipinski definition) is 1. The number of rotatable bonds is 5. The summed E-state index contributed by atoms with van der Waals surface area (Å²) in [6, 6.07) is 18.7. The lowest BCUT2D eigenvalue weighted by atomic mass is 10.1. The average molecular weight is 312 g/mol. The zero-order valence-corrected chi connectivity index (χ0v) is 13.2. The van der Waals surface area contributed by atoms with Gasteiger partial charge in [0, 0.05) is 34.5 Å². The molecule has 3 rings (SSSR count). The molecule has 0 unspecified atom stereocenters. The molecule has 2 N–H and O–H groups in total. The van der Waals surface area contributed by atoms with Crippen LogP contribution in [0.15, 0.2) is 65.7 Å². The number of nitrogens with two attached hydrogens (primary N) is 1. The van der Waals surface area contributed by atoms with Crippen LogP contribution in [-0.4, -0.2) is 15.3 Å².